The number of sulfonamides is 1. The van der Waals surface area contributed by atoms with Crippen molar-refractivity contribution < 1.29 is 36.2 Å². The Hall–Kier alpha value is -2.63. The van der Waals surface area contributed by atoms with Gasteiger partial charge in [-0.1, -0.05) is 38.0 Å². The predicted molar refractivity (Wildman–Crippen MR) is 126 cm³/mol. The van der Waals surface area contributed by atoms with E-state index in [9.17, 15) is 26.4 Å². The number of nitrogens with one attached hydrogen (secondary N) is 1. The average molecular weight is 517 g/mol. The lowest BCUT2D eigenvalue weighted by Crippen LogP contribution is -2.35. The van der Waals surface area contributed by atoms with Crippen LogP contribution in [0.25, 0.3) is 0 Å². The number of aliphatic carboxylic acids is 1. The molecular weight excluding hydrogens is 485 g/mol. The number of benzene rings is 2. The van der Waals surface area contributed by atoms with Crippen molar-refractivity contribution in [1.82, 2.24) is 9.62 Å². The highest BCUT2D eigenvalue weighted by molar-refractivity contribution is 7.89. The van der Waals surface area contributed by atoms with Crippen LogP contribution in [0.15, 0.2) is 47.4 Å². The van der Waals surface area contributed by atoms with E-state index in [1.165, 1.54) is 24.3 Å². The highest BCUT2D eigenvalue weighted by Gasteiger charge is 2.31. The summed E-state index contributed by atoms with van der Waals surface area (Å²) in [6.45, 7) is 5.40. The summed E-state index contributed by atoms with van der Waals surface area (Å²) >= 11 is 0. The maximum Gasteiger partial charge on any atom is 0.573 e. The molecule has 0 unspecified atom stereocenters. The number of nitrogens with zero attached hydrogens (tertiary/aromatic N) is 1. The second-order valence-corrected chi connectivity index (χ2v) is 10.1. The molecule has 0 aromatic heterocycles. The molecule has 2 N–H and O–H groups in total. The van der Waals surface area contributed by atoms with Crippen molar-refractivity contribution >= 4 is 16.0 Å². The first kappa shape index (κ1) is 28.6. The van der Waals surface area contributed by atoms with E-state index < -0.39 is 22.4 Å². The van der Waals surface area contributed by atoms with E-state index in [2.05, 4.69) is 16.4 Å². The number of unbranched alkanes of at least 4 members (excludes halogenated alkanes) is 2. The minimum atomic E-state index is -4.75. The molecule has 0 spiro atoms. The third-order valence-electron chi connectivity index (χ3n) is 5.14. The van der Waals surface area contributed by atoms with Gasteiger partial charge < -0.3 is 9.84 Å². The number of halogens is 3. The Morgan fingerprint density at radius 1 is 1.06 bits per heavy atom. The first-order valence-electron chi connectivity index (χ1n) is 11.3. The van der Waals surface area contributed by atoms with E-state index >= 15 is 0 Å². The van der Waals surface area contributed by atoms with Crippen LogP contribution in [-0.2, 0) is 27.8 Å². The Bertz CT molecular complexity index is 1070. The molecule has 2 aromatic carbocycles. The Morgan fingerprint density at radius 2 is 1.74 bits per heavy atom. The molecular formula is C24H31F3N2O5S. The number of carboxylic acids is 1. The summed E-state index contributed by atoms with van der Waals surface area (Å²) in [5, 5.41) is 9.00. The third kappa shape index (κ3) is 10.7. The standard InChI is InChI=1S/C24H31F3N2O5S/c1-3-4-5-11-29(17-19-6-8-21(9-7-19)34-24(25,26)27)12-10-28-35(32,33)22-14-18(2)13-20(15-22)16-23(30)31/h6-9,13-15,28H,3-5,10-12,16-17H2,1-2H3,(H,30,31). The van der Waals surface area contributed by atoms with E-state index in [-0.39, 0.29) is 23.6 Å². The number of carbonyl (C=O) groups is 1. The first-order chi connectivity index (χ1) is 16.4. The van der Waals surface area contributed by atoms with Crippen LogP contribution in [0.5, 0.6) is 5.75 Å². The molecule has 0 saturated carbocycles. The van der Waals surface area contributed by atoms with Crippen LogP contribution in [0, 0.1) is 6.92 Å². The van der Waals surface area contributed by atoms with Crippen LogP contribution in [0.3, 0.4) is 0 Å². The van der Waals surface area contributed by atoms with E-state index in [0.29, 0.717) is 30.8 Å². The average Bonchev–Trinajstić information content (AvgIpc) is 2.73. The van der Waals surface area contributed by atoms with Gasteiger partial charge in [-0.05, 0) is 60.8 Å². The van der Waals surface area contributed by atoms with Gasteiger partial charge in [0, 0.05) is 19.6 Å². The van der Waals surface area contributed by atoms with Crippen molar-refractivity contribution in [2.75, 3.05) is 19.6 Å². The molecule has 0 fully saturated rings. The molecule has 0 bridgehead atoms. The third-order valence-corrected chi connectivity index (χ3v) is 6.58. The molecule has 35 heavy (non-hydrogen) atoms. The van der Waals surface area contributed by atoms with E-state index in [4.69, 9.17) is 5.11 Å². The summed E-state index contributed by atoms with van der Waals surface area (Å²) < 4.78 is 69.2. The second-order valence-electron chi connectivity index (χ2n) is 8.30. The van der Waals surface area contributed by atoms with Gasteiger partial charge in [-0.25, -0.2) is 13.1 Å². The van der Waals surface area contributed by atoms with Gasteiger partial charge >= 0.3 is 12.3 Å². The molecule has 11 heteroatoms. The quantitative estimate of drug-likeness (QED) is 0.359. The minimum absolute atomic E-state index is 0.00605. The number of carboxylic acid groups (broad SMARTS) is 1. The van der Waals surface area contributed by atoms with Gasteiger partial charge in [0.2, 0.25) is 10.0 Å². The number of hydrogen-bond acceptors (Lipinski definition) is 5. The molecule has 2 aromatic rings. The van der Waals surface area contributed by atoms with E-state index in [1.54, 1.807) is 25.1 Å². The van der Waals surface area contributed by atoms with Crippen molar-refractivity contribution in [2.24, 2.45) is 0 Å². The highest BCUT2D eigenvalue weighted by atomic mass is 32.2. The number of rotatable bonds is 14. The molecule has 0 amide bonds. The number of aryl methyl sites for hydroxylation is 1. The van der Waals surface area contributed by atoms with E-state index in [0.717, 1.165) is 24.8 Å². The van der Waals surface area contributed by atoms with Crippen LogP contribution in [0.1, 0.15) is 42.9 Å². The second kappa shape index (κ2) is 12.9. The lowest BCUT2D eigenvalue weighted by molar-refractivity contribution is -0.274. The van der Waals surface area contributed by atoms with Crippen molar-refractivity contribution in [2.45, 2.75) is 57.3 Å². The summed E-state index contributed by atoms with van der Waals surface area (Å²) in [5.41, 5.74) is 1.82. The van der Waals surface area contributed by atoms with Gasteiger partial charge in [-0.15, -0.1) is 13.2 Å². The maximum absolute atomic E-state index is 12.8. The van der Waals surface area contributed by atoms with Gasteiger partial charge in [0.25, 0.3) is 0 Å². The number of alkyl halides is 3. The lowest BCUT2D eigenvalue weighted by atomic mass is 10.1. The molecule has 0 aliphatic heterocycles. The zero-order valence-electron chi connectivity index (χ0n) is 19.8. The summed E-state index contributed by atoms with van der Waals surface area (Å²) in [7, 11) is -3.85. The van der Waals surface area contributed by atoms with Crippen molar-refractivity contribution in [3.8, 4) is 5.75 Å². The van der Waals surface area contributed by atoms with Gasteiger partial charge in [-0.2, -0.15) is 0 Å². The van der Waals surface area contributed by atoms with E-state index in [1.807, 2.05) is 4.90 Å². The lowest BCUT2D eigenvalue weighted by Gasteiger charge is -2.23. The Balaban J connectivity index is 2.03. The summed E-state index contributed by atoms with van der Waals surface area (Å²) in [5.74, 6) is -1.35. The van der Waals surface area contributed by atoms with Crippen molar-refractivity contribution in [3.63, 3.8) is 0 Å². The fourth-order valence-electron chi connectivity index (χ4n) is 3.59. The summed E-state index contributed by atoms with van der Waals surface area (Å²) in [4.78, 5) is 13.0. The highest BCUT2D eigenvalue weighted by Crippen LogP contribution is 2.23. The molecule has 0 saturated heterocycles. The van der Waals surface area contributed by atoms with Crippen molar-refractivity contribution in [1.29, 1.82) is 0 Å². The molecule has 0 aliphatic rings. The van der Waals surface area contributed by atoms with Gasteiger partial charge in [0.05, 0.1) is 11.3 Å². The van der Waals surface area contributed by atoms with Gasteiger partial charge in [0.1, 0.15) is 5.75 Å². The van der Waals surface area contributed by atoms with Crippen LogP contribution >= 0.6 is 0 Å². The van der Waals surface area contributed by atoms with Crippen LogP contribution in [-0.4, -0.2) is 50.4 Å². The number of ether oxygens (including phenoxy) is 1. The molecule has 0 heterocycles. The van der Waals surface area contributed by atoms with Crippen molar-refractivity contribution in [3.05, 3.63) is 59.2 Å². The van der Waals surface area contributed by atoms with Crippen LogP contribution < -0.4 is 9.46 Å². The molecule has 194 valence electrons. The first-order valence-corrected chi connectivity index (χ1v) is 12.8. The molecule has 0 atom stereocenters. The smallest absolute Gasteiger partial charge is 0.481 e. The van der Waals surface area contributed by atoms with Crippen LogP contribution in [0.4, 0.5) is 13.2 Å². The fraction of sp³-hybridized carbons (Fsp3) is 0.458. The zero-order chi connectivity index (χ0) is 26.1. The van der Waals surface area contributed by atoms with Gasteiger partial charge in [0.15, 0.2) is 0 Å². The topological polar surface area (TPSA) is 95.9 Å². The molecule has 7 nitrogen and oxygen atoms in total. The summed E-state index contributed by atoms with van der Waals surface area (Å²) in [6, 6.07) is 10.1. The Labute approximate surface area is 204 Å². The number of hydrogen-bond donors (Lipinski definition) is 2. The Morgan fingerprint density at radius 3 is 2.34 bits per heavy atom. The minimum Gasteiger partial charge on any atom is -0.481 e. The maximum atomic E-state index is 12.8. The SMILES string of the molecule is CCCCCN(CCNS(=O)(=O)c1cc(C)cc(CC(=O)O)c1)Cc1ccc(OC(F)(F)F)cc1. The normalized spacial score (nSPS) is 12.2. The monoisotopic (exact) mass is 516 g/mol. The van der Waals surface area contributed by atoms with Gasteiger partial charge in [-0.3, -0.25) is 9.69 Å². The van der Waals surface area contributed by atoms with Crippen LogP contribution in [0.2, 0.25) is 0 Å². The molecule has 2 rings (SSSR count). The zero-order valence-corrected chi connectivity index (χ0v) is 20.6. The molecule has 0 radical (unpaired) electrons. The molecule has 0 aliphatic carbocycles. The summed E-state index contributed by atoms with van der Waals surface area (Å²) in [6.07, 6.45) is -2.13. The largest absolute Gasteiger partial charge is 0.573 e. The fourth-order valence-corrected chi connectivity index (χ4v) is 4.76. The Kier molecular flexibility index (Phi) is 10.5. The predicted octanol–water partition coefficient (Wildman–Crippen LogP) is 4.49.